The summed E-state index contributed by atoms with van der Waals surface area (Å²) >= 11 is 0. The highest BCUT2D eigenvalue weighted by molar-refractivity contribution is 5.87. The van der Waals surface area contributed by atoms with Gasteiger partial charge in [0.15, 0.2) is 17.2 Å². The van der Waals surface area contributed by atoms with E-state index in [4.69, 9.17) is 9.47 Å². The van der Waals surface area contributed by atoms with Crippen LogP contribution in [0.1, 0.15) is 17.4 Å². The first-order valence-corrected chi connectivity index (χ1v) is 4.39. The van der Waals surface area contributed by atoms with Gasteiger partial charge in [0.25, 0.3) is 0 Å². The van der Waals surface area contributed by atoms with Crippen LogP contribution in [0.15, 0.2) is 12.3 Å². The molecule has 0 N–H and O–H groups in total. The van der Waals surface area contributed by atoms with E-state index < -0.39 is 11.9 Å². The minimum atomic E-state index is -0.590. The number of nitrogens with zero attached hydrogens (tertiary/aromatic N) is 1. The summed E-state index contributed by atoms with van der Waals surface area (Å²) < 4.78 is 14.3. The highest BCUT2D eigenvalue weighted by atomic mass is 16.6. The zero-order valence-electron chi connectivity index (χ0n) is 9.14. The maximum Gasteiger partial charge on any atom is 0.356 e. The smallest absolute Gasteiger partial charge is 0.356 e. The van der Waals surface area contributed by atoms with Gasteiger partial charge in [-0.25, -0.2) is 9.78 Å². The minimum absolute atomic E-state index is 0.0789. The maximum atomic E-state index is 11.2. The second kappa shape index (κ2) is 5.11. The van der Waals surface area contributed by atoms with E-state index in [2.05, 4.69) is 9.72 Å². The van der Waals surface area contributed by atoms with E-state index >= 15 is 0 Å². The SMILES string of the molecule is COC(=O)c1cc(OC)c(OC(C)=O)cn1. The standard InChI is InChI=1S/C10H11NO5/c1-6(12)16-9-5-11-7(10(13)15-3)4-8(9)14-2/h4-5H,1-3H3. The van der Waals surface area contributed by atoms with E-state index in [1.54, 1.807) is 0 Å². The molecule has 16 heavy (non-hydrogen) atoms. The Morgan fingerprint density at radius 2 is 1.94 bits per heavy atom. The van der Waals surface area contributed by atoms with Gasteiger partial charge in [0.1, 0.15) is 0 Å². The Morgan fingerprint density at radius 1 is 1.25 bits per heavy atom. The molecule has 0 unspecified atom stereocenters. The van der Waals surface area contributed by atoms with Crippen LogP contribution in [0.2, 0.25) is 0 Å². The van der Waals surface area contributed by atoms with Crippen molar-refractivity contribution < 1.29 is 23.8 Å². The van der Waals surface area contributed by atoms with Gasteiger partial charge in [-0.2, -0.15) is 0 Å². The van der Waals surface area contributed by atoms with Crippen LogP contribution in [0.25, 0.3) is 0 Å². The third-order valence-corrected chi connectivity index (χ3v) is 1.70. The van der Waals surface area contributed by atoms with Crippen LogP contribution in [0.5, 0.6) is 11.5 Å². The molecule has 0 saturated heterocycles. The average Bonchev–Trinajstić information content (AvgIpc) is 2.27. The van der Waals surface area contributed by atoms with E-state index in [1.807, 2.05) is 0 Å². The lowest BCUT2D eigenvalue weighted by Crippen LogP contribution is -2.07. The normalized spacial score (nSPS) is 9.44. The molecule has 0 bridgehead atoms. The van der Waals surface area contributed by atoms with Gasteiger partial charge in [-0.3, -0.25) is 4.79 Å². The molecule has 6 nitrogen and oxygen atoms in total. The molecule has 0 aromatic carbocycles. The van der Waals surface area contributed by atoms with Crippen LogP contribution < -0.4 is 9.47 Å². The van der Waals surface area contributed by atoms with Crippen LogP contribution in [0, 0.1) is 0 Å². The number of methoxy groups -OCH3 is 2. The molecule has 0 spiro atoms. The summed E-state index contributed by atoms with van der Waals surface area (Å²) in [4.78, 5) is 25.7. The second-order valence-corrected chi connectivity index (χ2v) is 2.81. The zero-order chi connectivity index (χ0) is 12.1. The van der Waals surface area contributed by atoms with Crippen molar-refractivity contribution in [2.45, 2.75) is 6.92 Å². The molecule has 1 aromatic rings. The molecule has 0 aliphatic carbocycles. The number of hydrogen-bond donors (Lipinski definition) is 0. The van der Waals surface area contributed by atoms with Crippen molar-refractivity contribution >= 4 is 11.9 Å². The van der Waals surface area contributed by atoms with Crippen LogP contribution in [0.4, 0.5) is 0 Å². The van der Waals surface area contributed by atoms with E-state index in [1.165, 1.54) is 33.4 Å². The van der Waals surface area contributed by atoms with Crippen LogP contribution in [0.3, 0.4) is 0 Å². The molecule has 0 aliphatic rings. The zero-order valence-corrected chi connectivity index (χ0v) is 9.14. The molecule has 0 fully saturated rings. The van der Waals surface area contributed by atoms with Gasteiger partial charge < -0.3 is 14.2 Å². The number of esters is 2. The Kier molecular flexibility index (Phi) is 3.82. The van der Waals surface area contributed by atoms with Crippen molar-refractivity contribution in [3.05, 3.63) is 18.0 Å². The molecule has 6 heteroatoms. The molecule has 0 saturated carbocycles. The number of hydrogen-bond acceptors (Lipinski definition) is 6. The third kappa shape index (κ3) is 2.69. The van der Waals surface area contributed by atoms with E-state index in [9.17, 15) is 9.59 Å². The monoisotopic (exact) mass is 225 g/mol. The Balaban J connectivity index is 3.06. The van der Waals surface area contributed by atoms with Gasteiger partial charge >= 0.3 is 11.9 Å². The summed E-state index contributed by atoms with van der Waals surface area (Å²) in [5.41, 5.74) is 0.0789. The average molecular weight is 225 g/mol. The van der Waals surface area contributed by atoms with Gasteiger partial charge in [-0.05, 0) is 0 Å². The third-order valence-electron chi connectivity index (χ3n) is 1.70. The summed E-state index contributed by atoms with van der Waals surface area (Å²) in [5, 5.41) is 0. The number of ether oxygens (including phenoxy) is 3. The molecule has 1 aromatic heterocycles. The largest absolute Gasteiger partial charge is 0.493 e. The van der Waals surface area contributed by atoms with Gasteiger partial charge in [0, 0.05) is 13.0 Å². The Morgan fingerprint density at radius 3 is 2.44 bits per heavy atom. The number of rotatable bonds is 3. The summed E-state index contributed by atoms with van der Waals surface area (Å²) in [7, 11) is 2.64. The van der Waals surface area contributed by atoms with Gasteiger partial charge in [-0.15, -0.1) is 0 Å². The van der Waals surface area contributed by atoms with Gasteiger partial charge in [0.2, 0.25) is 0 Å². The fourth-order valence-corrected chi connectivity index (χ4v) is 1.03. The van der Waals surface area contributed by atoms with Crippen LogP contribution >= 0.6 is 0 Å². The van der Waals surface area contributed by atoms with Crippen molar-refractivity contribution in [1.82, 2.24) is 4.98 Å². The number of carbonyl (C=O) groups excluding carboxylic acids is 2. The van der Waals surface area contributed by atoms with E-state index in [0.29, 0.717) is 0 Å². The second-order valence-electron chi connectivity index (χ2n) is 2.81. The van der Waals surface area contributed by atoms with Crippen molar-refractivity contribution in [2.75, 3.05) is 14.2 Å². The lowest BCUT2D eigenvalue weighted by molar-refractivity contribution is -0.132. The molecule has 1 rings (SSSR count). The fourth-order valence-electron chi connectivity index (χ4n) is 1.03. The quantitative estimate of drug-likeness (QED) is 0.708. The molecule has 0 atom stereocenters. The molecule has 0 amide bonds. The summed E-state index contributed by atoms with van der Waals surface area (Å²) in [6.45, 7) is 1.26. The summed E-state index contributed by atoms with van der Waals surface area (Å²) in [6.07, 6.45) is 1.23. The van der Waals surface area contributed by atoms with Crippen molar-refractivity contribution in [1.29, 1.82) is 0 Å². The molecular weight excluding hydrogens is 214 g/mol. The Hall–Kier alpha value is -2.11. The molecule has 0 radical (unpaired) electrons. The first-order chi connectivity index (χ1) is 7.58. The fraction of sp³-hybridized carbons (Fsp3) is 0.300. The van der Waals surface area contributed by atoms with Gasteiger partial charge in [0.05, 0.1) is 20.4 Å². The molecular formula is C10H11NO5. The lowest BCUT2D eigenvalue weighted by Gasteiger charge is -2.08. The minimum Gasteiger partial charge on any atom is -0.493 e. The maximum absolute atomic E-state index is 11.2. The Labute approximate surface area is 92.1 Å². The van der Waals surface area contributed by atoms with Crippen molar-refractivity contribution in [3.8, 4) is 11.5 Å². The van der Waals surface area contributed by atoms with Crippen molar-refractivity contribution in [3.63, 3.8) is 0 Å². The number of pyridine rings is 1. The number of carbonyl (C=O) groups is 2. The lowest BCUT2D eigenvalue weighted by atomic mass is 10.3. The number of aromatic nitrogens is 1. The first kappa shape index (κ1) is 12.0. The van der Waals surface area contributed by atoms with Crippen LogP contribution in [-0.4, -0.2) is 31.1 Å². The van der Waals surface area contributed by atoms with E-state index in [0.717, 1.165) is 0 Å². The van der Waals surface area contributed by atoms with Gasteiger partial charge in [-0.1, -0.05) is 0 Å². The topological polar surface area (TPSA) is 74.7 Å². The van der Waals surface area contributed by atoms with E-state index in [-0.39, 0.29) is 17.2 Å². The van der Waals surface area contributed by atoms with Crippen molar-refractivity contribution in [2.24, 2.45) is 0 Å². The molecule has 86 valence electrons. The summed E-state index contributed by atoms with van der Waals surface area (Å²) in [6, 6.07) is 1.34. The predicted octanol–water partition coefficient (Wildman–Crippen LogP) is 0.802. The van der Waals surface area contributed by atoms with Crippen LogP contribution in [-0.2, 0) is 9.53 Å². The highest BCUT2D eigenvalue weighted by Gasteiger charge is 2.13. The first-order valence-electron chi connectivity index (χ1n) is 4.39. The summed E-state index contributed by atoms with van der Waals surface area (Å²) in [5.74, 6) is -0.688. The molecule has 1 heterocycles. The Bertz CT molecular complexity index is 416. The molecule has 0 aliphatic heterocycles. The predicted molar refractivity (Wildman–Crippen MR) is 53.4 cm³/mol. The highest BCUT2D eigenvalue weighted by Crippen LogP contribution is 2.26.